The fraction of sp³-hybridized carbons (Fsp3) is 0.429. The largest absolute Gasteiger partial charge is 0.491 e. The number of hydrogen-bond acceptors (Lipinski definition) is 4. The Morgan fingerprint density at radius 3 is 2.95 bits per heavy atom. The average Bonchev–Trinajstić information content (AvgIpc) is 2.43. The van der Waals surface area contributed by atoms with E-state index in [1.807, 2.05) is 12.1 Å². The lowest BCUT2D eigenvalue weighted by Gasteiger charge is -2.23. The highest BCUT2D eigenvalue weighted by Gasteiger charge is 2.19. The van der Waals surface area contributed by atoms with Gasteiger partial charge in [0.1, 0.15) is 5.75 Å². The summed E-state index contributed by atoms with van der Waals surface area (Å²) in [5.41, 5.74) is 6.29. The molecule has 0 aromatic heterocycles. The highest BCUT2D eigenvalue weighted by Crippen LogP contribution is 2.19. The third-order valence-electron chi connectivity index (χ3n) is 3.14. The fourth-order valence-corrected chi connectivity index (χ4v) is 2.02. The standard InChI is InChI=1S/C14H19N3O3/c15-11-3-1-2-4-12(11)20-8-7-14(19)17-10-5-6-13(18)16-9-10/h1-4,10H,5-9,15H2,(H,16,18)(H,17,19). The van der Waals surface area contributed by atoms with Crippen molar-refractivity contribution in [1.82, 2.24) is 10.6 Å². The number of amides is 2. The van der Waals surface area contributed by atoms with Crippen LogP contribution in [0, 0.1) is 0 Å². The normalized spacial score (nSPS) is 18.2. The number of ether oxygens (including phenoxy) is 1. The minimum Gasteiger partial charge on any atom is -0.491 e. The molecule has 0 spiro atoms. The molecule has 1 atom stereocenters. The molecule has 1 aromatic rings. The molecule has 0 saturated carbocycles. The molecule has 6 heteroatoms. The molecule has 0 radical (unpaired) electrons. The summed E-state index contributed by atoms with van der Waals surface area (Å²) in [4.78, 5) is 22.7. The zero-order chi connectivity index (χ0) is 14.4. The van der Waals surface area contributed by atoms with Gasteiger partial charge in [0, 0.05) is 19.0 Å². The van der Waals surface area contributed by atoms with Gasteiger partial charge in [-0.15, -0.1) is 0 Å². The number of piperidine rings is 1. The molecular weight excluding hydrogens is 258 g/mol. The highest BCUT2D eigenvalue weighted by atomic mass is 16.5. The molecule has 1 heterocycles. The van der Waals surface area contributed by atoms with E-state index in [1.165, 1.54) is 0 Å². The summed E-state index contributed by atoms with van der Waals surface area (Å²) in [7, 11) is 0. The minimum atomic E-state index is -0.0827. The van der Waals surface area contributed by atoms with E-state index in [1.54, 1.807) is 12.1 Å². The van der Waals surface area contributed by atoms with Crippen molar-refractivity contribution in [2.24, 2.45) is 0 Å². The number of rotatable bonds is 5. The Hall–Kier alpha value is -2.24. The van der Waals surface area contributed by atoms with Crippen LogP contribution >= 0.6 is 0 Å². The van der Waals surface area contributed by atoms with Gasteiger partial charge in [-0.1, -0.05) is 12.1 Å². The Morgan fingerprint density at radius 1 is 1.45 bits per heavy atom. The van der Waals surface area contributed by atoms with Crippen molar-refractivity contribution >= 4 is 17.5 Å². The maximum Gasteiger partial charge on any atom is 0.223 e. The number of para-hydroxylation sites is 2. The van der Waals surface area contributed by atoms with Crippen molar-refractivity contribution in [1.29, 1.82) is 0 Å². The van der Waals surface area contributed by atoms with Gasteiger partial charge in [-0.3, -0.25) is 9.59 Å². The van der Waals surface area contributed by atoms with E-state index in [4.69, 9.17) is 10.5 Å². The van der Waals surface area contributed by atoms with Crippen LogP contribution in [0.2, 0.25) is 0 Å². The van der Waals surface area contributed by atoms with Gasteiger partial charge >= 0.3 is 0 Å². The Balaban J connectivity index is 1.68. The van der Waals surface area contributed by atoms with Crippen LogP contribution in [0.15, 0.2) is 24.3 Å². The van der Waals surface area contributed by atoms with E-state index in [-0.39, 0.29) is 30.9 Å². The van der Waals surface area contributed by atoms with E-state index in [2.05, 4.69) is 10.6 Å². The van der Waals surface area contributed by atoms with Crippen LogP contribution in [0.5, 0.6) is 5.75 Å². The van der Waals surface area contributed by atoms with Gasteiger partial charge in [0.05, 0.1) is 18.7 Å². The Labute approximate surface area is 117 Å². The predicted molar refractivity (Wildman–Crippen MR) is 75.1 cm³/mol. The van der Waals surface area contributed by atoms with Gasteiger partial charge in [0.25, 0.3) is 0 Å². The van der Waals surface area contributed by atoms with E-state index >= 15 is 0 Å². The van der Waals surface area contributed by atoms with Gasteiger partial charge in [-0.2, -0.15) is 0 Å². The first-order valence-corrected chi connectivity index (χ1v) is 6.68. The molecule has 1 fully saturated rings. The smallest absolute Gasteiger partial charge is 0.223 e. The second-order valence-corrected chi connectivity index (χ2v) is 4.74. The number of carbonyl (C=O) groups is 2. The molecule has 1 saturated heterocycles. The number of nitrogen functional groups attached to an aromatic ring is 1. The first-order valence-electron chi connectivity index (χ1n) is 6.68. The molecule has 2 amide bonds. The fourth-order valence-electron chi connectivity index (χ4n) is 2.02. The second-order valence-electron chi connectivity index (χ2n) is 4.74. The molecule has 0 bridgehead atoms. The van der Waals surface area contributed by atoms with Crippen LogP contribution < -0.4 is 21.1 Å². The Bertz CT molecular complexity index is 480. The Morgan fingerprint density at radius 2 is 2.25 bits per heavy atom. The van der Waals surface area contributed by atoms with E-state index in [0.29, 0.717) is 30.8 Å². The maximum absolute atomic E-state index is 11.7. The summed E-state index contributed by atoms with van der Waals surface area (Å²) in [6.07, 6.45) is 1.41. The van der Waals surface area contributed by atoms with Crippen LogP contribution in [-0.4, -0.2) is 31.0 Å². The van der Waals surface area contributed by atoms with Gasteiger partial charge < -0.3 is 21.1 Å². The molecule has 6 nitrogen and oxygen atoms in total. The maximum atomic E-state index is 11.7. The summed E-state index contributed by atoms with van der Waals surface area (Å²) in [6.45, 7) is 0.774. The van der Waals surface area contributed by atoms with Crippen molar-refractivity contribution in [2.75, 3.05) is 18.9 Å². The van der Waals surface area contributed by atoms with Crippen LogP contribution in [-0.2, 0) is 9.59 Å². The van der Waals surface area contributed by atoms with Crippen molar-refractivity contribution in [3.63, 3.8) is 0 Å². The quantitative estimate of drug-likeness (QED) is 0.680. The summed E-state index contributed by atoms with van der Waals surface area (Å²) < 4.78 is 5.46. The van der Waals surface area contributed by atoms with E-state index in [0.717, 1.165) is 0 Å². The molecule has 20 heavy (non-hydrogen) atoms. The van der Waals surface area contributed by atoms with E-state index < -0.39 is 0 Å². The Kier molecular flexibility index (Phi) is 4.81. The van der Waals surface area contributed by atoms with Gasteiger partial charge in [0.15, 0.2) is 0 Å². The molecule has 0 aliphatic carbocycles. The van der Waals surface area contributed by atoms with Gasteiger partial charge in [-0.05, 0) is 18.6 Å². The van der Waals surface area contributed by atoms with E-state index in [9.17, 15) is 9.59 Å². The average molecular weight is 277 g/mol. The highest BCUT2D eigenvalue weighted by molar-refractivity contribution is 5.79. The first-order chi connectivity index (χ1) is 9.65. The number of hydrogen-bond donors (Lipinski definition) is 3. The van der Waals surface area contributed by atoms with Crippen molar-refractivity contribution in [2.45, 2.75) is 25.3 Å². The summed E-state index contributed by atoms with van der Waals surface area (Å²) in [5, 5.41) is 5.60. The van der Waals surface area contributed by atoms with Crippen LogP contribution in [0.3, 0.4) is 0 Å². The monoisotopic (exact) mass is 277 g/mol. The molecule has 1 aliphatic rings. The second kappa shape index (κ2) is 6.79. The van der Waals surface area contributed by atoms with Crippen molar-refractivity contribution in [3.8, 4) is 5.75 Å². The number of anilines is 1. The molecule has 4 N–H and O–H groups in total. The molecule has 108 valence electrons. The SMILES string of the molecule is Nc1ccccc1OCCC(=O)NC1CCC(=O)NC1. The summed E-state index contributed by atoms with van der Waals surface area (Å²) >= 11 is 0. The van der Waals surface area contributed by atoms with Crippen LogP contribution in [0.4, 0.5) is 5.69 Å². The lowest BCUT2D eigenvalue weighted by Crippen LogP contribution is -2.47. The van der Waals surface area contributed by atoms with Crippen LogP contribution in [0.1, 0.15) is 19.3 Å². The third kappa shape index (κ3) is 4.15. The van der Waals surface area contributed by atoms with Gasteiger partial charge in [-0.25, -0.2) is 0 Å². The lowest BCUT2D eigenvalue weighted by molar-refractivity contribution is -0.125. The first kappa shape index (κ1) is 14.2. The number of nitrogens with two attached hydrogens (primary N) is 1. The summed E-state index contributed by atoms with van der Waals surface area (Å²) in [6, 6.07) is 7.19. The number of nitrogens with one attached hydrogen (secondary N) is 2. The molecular formula is C14H19N3O3. The zero-order valence-electron chi connectivity index (χ0n) is 11.2. The van der Waals surface area contributed by atoms with Crippen molar-refractivity contribution in [3.05, 3.63) is 24.3 Å². The third-order valence-corrected chi connectivity index (χ3v) is 3.14. The molecule has 2 rings (SSSR count). The molecule has 1 aromatic carbocycles. The lowest BCUT2D eigenvalue weighted by atomic mass is 10.1. The van der Waals surface area contributed by atoms with Gasteiger partial charge in [0.2, 0.25) is 11.8 Å². The zero-order valence-corrected chi connectivity index (χ0v) is 11.2. The summed E-state index contributed by atoms with van der Waals surface area (Å²) in [5.74, 6) is 0.546. The van der Waals surface area contributed by atoms with Crippen molar-refractivity contribution < 1.29 is 14.3 Å². The van der Waals surface area contributed by atoms with Crippen LogP contribution in [0.25, 0.3) is 0 Å². The molecule has 1 unspecified atom stereocenters. The number of carbonyl (C=O) groups excluding carboxylic acids is 2. The predicted octanol–water partition coefficient (Wildman–Crippen LogP) is 0.432. The molecule has 1 aliphatic heterocycles. The number of benzene rings is 1. The topological polar surface area (TPSA) is 93.4 Å². The minimum absolute atomic E-state index is 0.0157.